The highest BCUT2D eigenvalue weighted by Gasteiger charge is 2.43. The van der Waals surface area contributed by atoms with Gasteiger partial charge in [-0.1, -0.05) is 0 Å². The minimum Gasteiger partial charge on any atom is -0.249 e. The topological polar surface area (TPSA) is 58.9 Å². The van der Waals surface area contributed by atoms with Crippen molar-refractivity contribution in [2.75, 3.05) is 0 Å². The number of hydrogen-bond donors (Lipinski definition) is 0. The molecule has 0 atom stereocenters. The predicted molar refractivity (Wildman–Crippen MR) is 51.2 cm³/mol. The highest BCUT2D eigenvalue weighted by Crippen LogP contribution is 2.20. The fourth-order valence-corrected chi connectivity index (χ4v) is 3.42. The van der Waals surface area contributed by atoms with Gasteiger partial charge in [-0.15, -0.1) is 0 Å². The summed E-state index contributed by atoms with van der Waals surface area (Å²) < 4.78 is 7.54. The summed E-state index contributed by atoms with van der Waals surface area (Å²) in [7, 11) is -4.08. The summed E-state index contributed by atoms with van der Waals surface area (Å²) >= 11 is 0. The number of rotatable bonds is 3. The maximum Gasteiger partial charge on any atom is 0.224 e. The molecule has 0 aromatic heterocycles. The molecule has 0 aliphatic heterocycles. The molecule has 0 saturated heterocycles. The Hall–Kier alpha value is -0.806. The molecule has 0 aromatic rings. The van der Waals surface area contributed by atoms with E-state index >= 15 is 0 Å². The molecule has 0 unspecified atom stereocenters. The molecule has 0 aromatic carbocycles. The van der Waals surface area contributed by atoms with E-state index < -0.39 is 15.5 Å². The zero-order valence-electron chi connectivity index (χ0n) is 7.71. The molecule has 0 radical (unpaired) electrons. The first-order valence-corrected chi connectivity index (χ1v) is 10.4. The van der Waals surface area contributed by atoms with E-state index in [2.05, 4.69) is 9.32 Å². The molecule has 66 valence electrons. The molecule has 0 saturated carbocycles. The van der Waals surface area contributed by atoms with Crippen LogP contribution in [0, 0.1) is 0 Å². The van der Waals surface area contributed by atoms with Crippen LogP contribution in [-0.2, 0) is 9.59 Å². The summed E-state index contributed by atoms with van der Waals surface area (Å²) in [6.07, 6.45) is 3.11. The molecule has 0 aliphatic rings. The van der Waals surface area contributed by atoms with Crippen molar-refractivity contribution in [2.45, 2.75) is 26.2 Å². The van der Waals surface area contributed by atoms with Gasteiger partial charge in [0.05, 0.1) is 0 Å². The van der Waals surface area contributed by atoms with Crippen LogP contribution in [0.5, 0.6) is 0 Å². The number of carbonyl (C=O) groups excluding carboxylic acids is 2. The molecule has 12 heavy (non-hydrogen) atoms. The van der Waals surface area contributed by atoms with Crippen molar-refractivity contribution in [2.24, 2.45) is 9.32 Å². The van der Waals surface area contributed by atoms with Crippen molar-refractivity contribution in [1.29, 1.82) is 0 Å². The van der Waals surface area contributed by atoms with Crippen LogP contribution in [0.25, 0.3) is 0 Å². The van der Waals surface area contributed by atoms with Crippen LogP contribution in [0.15, 0.2) is 9.32 Å². The third-order valence-corrected chi connectivity index (χ3v) is 16.1. The molecular weight excluding hydrogens is 188 g/mol. The maximum atomic E-state index is 10.1. The molecule has 0 amide bonds. The first-order valence-electron chi connectivity index (χ1n) is 3.55. The van der Waals surface area contributed by atoms with E-state index in [9.17, 15) is 9.59 Å². The van der Waals surface area contributed by atoms with Gasteiger partial charge in [0.1, 0.15) is 0 Å². The summed E-state index contributed by atoms with van der Waals surface area (Å²) in [6, 6.07) is 0. The van der Waals surface area contributed by atoms with Gasteiger partial charge in [-0.3, -0.25) is 0 Å². The lowest BCUT2D eigenvalue weighted by molar-refractivity contribution is 0.565. The molecule has 0 fully saturated rings. The number of hydrogen-bond acceptors (Lipinski definition) is 4. The zero-order chi connectivity index (χ0) is 9.83. The predicted octanol–water partition coefficient (Wildman–Crippen LogP) is 1.15. The Kier molecular flexibility index (Phi) is 3.48. The summed E-state index contributed by atoms with van der Waals surface area (Å²) in [4.78, 5) is 20.2. The van der Waals surface area contributed by atoms with Crippen molar-refractivity contribution < 1.29 is 9.59 Å². The van der Waals surface area contributed by atoms with E-state index in [1.807, 2.05) is 26.2 Å². The lowest BCUT2D eigenvalue weighted by Crippen LogP contribution is -2.52. The van der Waals surface area contributed by atoms with Gasteiger partial charge in [-0.25, -0.2) is 18.9 Å². The van der Waals surface area contributed by atoms with Gasteiger partial charge >= 0.3 is 0 Å². The van der Waals surface area contributed by atoms with Crippen molar-refractivity contribution in [3.8, 4) is 0 Å². The van der Waals surface area contributed by atoms with E-state index in [1.165, 1.54) is 0 Å². The maximum absolute atomic E-state index is 10.1. The number of isocyanates is 2. The summed E-state index contributed by atoms with van der Waals surface area (Å²) in [6.45, 7) is 7.63. The van der Waals surface area contributed by atoms with Gasteiger partial charge in [-0.2, -0.15) is 0 Å². The Morgan fingerprint density at radius 1 is 0.833 bits per heavy atom. The van der Waals surface area contributed by atoms with Gasteiger partial charge in [0.2, 0.25) is 27.7 Å². The quantitative estimate of drug-likeness (QED) is 0.390. The third kappa shape index (κ3) is 2.35. The van der Waals surface area contributed by atoms with E-state index in [1.54, 1.807) is 12.2 Å². The van der Waals surface area contributed by atoms with Gasteiger partial charge in [0, 0.05) is 0 Å². The van der Waals surface area contributed by atoms with Crippen molar-refractivity contribution in [1.82, 2.24) is 0 Å². The van der Waals surface area contributed by atoms with E-state index in [0.717, 1.165) is 0 Å². The smallest absolute Gasteiger partial charge is 0.224 e. The van der Waals surface area contributed by atoms with Crippen LogP contribution >= 0.6 is 0 Å². The van der Waals surface area contributed by atoms with Crippen molar-refractivity contribution in [3.05, 3.63) is 0 Å². The second-order valence-electron chi connectivity index (χ2n) is 3.52. The van der Waals surface area contributed by atoms with E-state index in [0.29, 0.717) is 0 Å². The third-order valence-electron chi connectivity index (χ3n) is 2.15. The normalized spacial score (nSPS) is 11.3. The largest absolute Gasteiger partial charge is 0.249 e. The van der Waals surface area contributed by atoms with E-state index in [-0.39, 0.29) is 0 Å². The standard InChI is InChI=1S/C6H12N2O2Si2/c1-11(2,7-5-9)12(3,4)8-6-10/h1-4H3. The lowest BCUT2D eigenvalue weighted by atomic mass is 11.7. The van der Waals surface area contributed by atoms with Crippen molar-refractivity contribution in [3.63, 3.8) is 0 Å². The molecule has 6 heteroatoms. The van der Waals surface area contributed by atoms with Gasteiger partial charge in [0.15, 0.2) is 0 Å². The van der Waals surface area contributed by atoms with Crippen molar-refractivity contribution >= 4 is 27.7 Å². The average molecular weight is 200 g/mol. The Bertz CT molecular complexity index is 235. The average Bonchev–Trinajstić information content (AvgIpc) is 1.86. The molecule has 0 rings (SSSR count). The van der Waals surface area contributed by atoms with Gasteiger partial charge in [0.25, 0.3) is 0 Å². The van der Waals surface area contributed by atoms with Crippen LogP contribution in [0.2, 0.25) is 26.2 Å². The molecular formula is C6H12N2O2Si2. The first-order chi connectivity index (χ1) is 5.37. The van der Waals surface area contributed by atoms with Crippen LogP contribution in [-0.4, -0.2) is 27.7 Å². The van der Waals surface area contributed by atoms with Gasteiger partial charge < -0.3 is 0 Å². The highest BCUT2D eigenvalue weighted by atomic mass is 29.3. The molecule has 0 aliphatic carbocycles. The molecule has 0 bridgehead atoms. The lowest BCUT2D eigenvalue weighted by Gasteiger charge is -2.26. The van der Waals surface area contributed by atoms with Crippen LogP contribution in [0.4, 0.5) is 0 Å². The Labute approximate surface area is 73.4 Å². The summed E-state index contributed by atoms with van der Waals surface area (Å²) in [5.41, 5.74) is 0. The molecule has 0 N–H and O–H groups in total. The highest BCUT2D eigenvalue weighted by molar-refractivity contribution is 7.39. The Balaban J connectivity index is 4.98. The van der Waals surface area contributed by atoms with Crippen LogP contribution < -0.4 is 0 Å². The Morgan fingerprint density at radius 3 is 1.25 bits per heavy atom. The number of nitrogens with zero attached hydrogens (tertiary/aromatic N) is 2. The van der Waals surface area contributed by atoms with Crippen LogP contribution in [0.1, 0.15) is 0 Å². The monoisotopic (exact) mass is 200 g/mol. The van der Waals surface area contributed by atoms with Gasteiger partial charge in [-0.05, 0) is 26.2 Å². The SMILES string of the molecule is C[Si](C)(N=C=O)[Si](C)(C)N=C=O. The minimum absolute atomic E-state index is 1.55. The Morgan fingerprint density at radius 2 is 1.08 bits per heavy atom. The summed E-state index contributed by atoms with van der Waals surface area (Å²) in [5, 5.41) is 0. The molecule has 4 nitrogen and oxygen atoms in total. The minimum atomic E-state index is -2.04. The second kappa shape index (κ2) is 3.73. The fraction of sp³-hybridized carbons (Fsp3) is 0.667. The van der Waals surface area contributed by atoms with Crippen LogP contribution in [0.3, 0.4) is 0 Å². The summed E-state index contributed by atoms with van der Waals surface area (Å²) in [5.74, 6) is 0. The zero-order valence-corrected chi connectivity index (χ0v) is 9.71. The first kappa shape index (κ1) is 11.2. The van der Waals surface area contributed by atoms with E-state index in [4.69, 9.17) is 0 Å². The molecule has 0 heterocycles. The molecule has 0 spiro atoms. The fourth-order valence-electron chi connectivity index (χ4n) is 0.502. The second-order valence-corrected chi connectivity index (χ2v) is 17.5.